The zero-order chi connectivity index (χ0) is 22.0. The molecule has 0 aliphatic carbocycles. The second-order valence-corrected chi connectivity index (χ2v) is 7.86. The third-order valence-corrected chi connectivity index (χ3v) is 5.35. The molecule has 1 amide bonds. The summed E-state index contributed by atoms with van der Waals surface area (Å²) in [6.07, 6.45) is 1.39. The van der Waals surface area contributed by atoms with Gasteiger partial charge in [-0.3, -0.25) is 4.79 Å². The van der Waals surface area contributed by atoms with Crippen LogP contribution in [0.2, 0.25) is 15.1 Å². The molecule has 0 unspecified atom stereocenters. The van der Waals surface area contributed by atoms with Gasteiger partial charge in [0.05, 0.1) is 33.0 Å². The van der Waals surface area contributed by atoms with Crippen molar-refractivity contribution in [3.63, 3.8) is 0 Å². The first-order chi connectivity index (χ1) is 14.9. The number of phenolic OH excluding ortho intramolecular Hbond substituents is 1. The highest BCUT2D eigenvalue weighted by atomic mass is 35.5. The number of nitrogens with zero attached hydrogens (tertiary/aromatic N) is 2. The van der Waals surface area contributed by atoms with Gasteiger partial charge < -0.3 is 5.11 Å². The molecule has 31 heavy (non-hydrogen) atoms. The molecular weight excluding hydrogens is 457 g/mol. The number of phenols is 1. The van der Waals surface area contributed by atoms with E-state index < -0.39 is 5.91 Å². The first-order valence-corrected chi connectivity index (χ1v) is 10.2. The molecule has 4 rings (SSSR count). The number of hydrogen-bond acceptors (Lipinski definition) is 4. The van der Waals surface area contributed by atoms with Gasteiger partial charge in [0.25, 0.3) is 5.91 Å². The maximum atomic E-state index is 12.9. The number of carbonyl (C=O) groups excluding carboxylic acids is 1. The maximum Gasteiger partial charge on any atom is 0.272 e. The minimum absolute atomic E-state index is 0.0908. The molecule has 0 aliphatic heterocycles. The molecule has 0 saturated heterocycles. The van der Waals surface area contributed by atoms with Gasteiger partial charge in [0.2, 0.25) is 0 Å². The Morgan fingerprint density at radius 2 is 1.65 bits per heavy atom. The Morgan fingerprint density at radius 1 is 0.968 bits per heavy atom. The Balaban J connectivity index is 1.66. The lowest BCUT2D eigenvalue weighted by Crippen LogP contribution is -2.18. The minimum Gasteiger partial charge on any atom is -0.505 e. The normalized spacial score (nSPS) is 11.2. The van der Waals surface area contributed by atoms with Crippen molar-refractivity contribution in [2.24, 2.45) is 5.10 Å². The smallest absolute Gasteiger partial charge is 0.272 e. The summed E-state index contributed by atoms with van der Waals surface area (Å²) in [5.41, 5.74) is 5.62. The van der Waals surface area contributed by atoms with E-state index in [9.17, 15) is 9.90 Å². The van der Waals surface area contributed by atoms with Crippen LogP contribution < -0.4 is 5.43 Å². The van der Waals surface area contributed by atoms with Crippen molar-refractivity contribution in [1.29, 1.82) is 0 Å². The molecule has 154 valence electrons. The van der Waals surface area contributed by atoms with Crippen LogP contribution in [0.3, 0.4) is 0 Å². The van der Waals surface area contributed by atoms with E-state index in [-0.39, 0.29) is 15.8 Å². The predicted octanol–water partition coefficient (Wildman–Crippen LogP) is 6.33. The number of aromatic nitrogens is 1. The predicted molar refractivity (Wildman–Crippen MR) is 125 cm³/mol. The molecular formula is C23H14Cl3N3O2. The van der Waals surface area contributed by atoms with Gasteiger partial charge in [0.15, 0.2) is 5.75 Å². The first-order valence-electron chi connectivity index (χ1n) is 9.09. The molecule has 5 nitrogen and oxygen atoms in total. The van der Waals surface area contributed by atoms with Crippen LogP contribution in [-0.4, -0.2) is 22.2 Å². The van der Waals surface area contributed by atoms with Crippen molar-refractivity contribution in [2.75, 3.05) is 0 Å². The average molecular weight is 471 g/mol. The van der Waals surface area contributed by atoms with E-state index in [1.807, 2.05) is 36.4 Å². The van der Waals surface area contributed by atoms with Crippen molar-refractivity contribution in [1.82, 2.24) is 10.4 Å². The number of para-hydroxylation sites is 1. The summed E-state index contributed by atoms with van der Waals surface area (Å²) >= 11 is 17.8. The van der Waals surface area contributed by atoms with Gasteiger partial charge in [0.1, 0.15) is 0 Å². The fourth-order valence-corrected chi connectivity index (χ4v) is 3.65. The van der Waals surface area contributed by atoms with Crippen LogP contribution >= 0.6 is 34.8 Å². The zero-order valence-electron chi connectivity index (χ0n) is 15.8. The molecule has 4 aromatic rings. The maximum absolute atomic E-state index is 12.9. The van der Waals surface area contributed by atoms with E-state index in [0.717, 1.165) is 5.56 Å². The molecule has 1 aromatic heterocycles. The lowest BCUT2D eigenvalue weighted by molar-refractivity contribution is 0.0956. The third kappa shape index (κ3) is 4.64. The highest BCUT2D eigenvalue weighted by molar-refractivity contribution is 6.37. The fraction of sp³-hybridized carbons (Fsp3) is 0. The first kappa shape index (κ1) is 21.1. The SMILES string of the molecule is O=C(N/N=C/c1cc(Cl)c(O)c(Cl)c1)c1cc(-c2ccc(Cl)cc2)nc2ccccc12. The van der Waals surface area contributed by atoms with Gasteiger partial charge in [0, 0.05) is 16.0 Å². The highest BCUT2D eigenvalue weighted by Crippen LogP contribution is 2.32. The van der Waals surface area contributed by atoms with Crippen molar-refractivity contribution in [3.05, 3.63) is 92.9 Å². The topological polar surface area (TPSA) is 74.6 Å². The van der Waals surface area contributed by atoms with Crippen LogP contribution in [0.4, 0.5) is 0 Å². The number of pyridine rings is 1. The van der Waals surface area contributed by atoms with Crippen LogP contribution in [0.25, 0.3) is 22.2 Å². The average Bonchev–Trinajstić information content (AvgIpc) is 2.77. The second-order valence-electron chi connectivity index (χ2n) is 6.61. The molecule has 2 N–H and O–H groups in total. The van der Waals surface area contributed by atoms with E-state index >= 15 is 0 Å². The summed E-state index contributed by atoms with van der Waals surface area (Å²) < 4.78 is 0. The van der Waals surface area contributed by atoms with Crippen molar-refractivity contribution in [3.8, 4) is 17.0 Å². The molecule has 3 aromatic carbocycles. The lowest BCUT2D eigenvalue weighted by atomic mass is 10.0. The number of aromatic hydroxyl groups is 1. The number of halogens is 3. The number of carbonyl (C=O) groups is 1. The van der Waals surface area contributed by atoms with Gasteiger partial charge in [-0.2, -0.15) is 5.10 Å². The largest absolute Gasteiger partial charge is 0.505 e. The Bertz CT molecular complexity index is 1300. The number of amides is 1. The van der Waals surface area contributed by atoms with Crippen molar-refractivity contribution in [2.45, 2.75) is 0 Å². The van der Waals surface area contributed by atoms with Gasteiger partial charge in [-0.25, -0.2) is 10.4 Å². The molecule has 0 fully saturated rings. The van der Waals surface area contributed by atoms with Crippen LogP contribution in [0.15, 0.2) is 71.8 Å². The van der Waals surface area contributed by atoms with E-state index in [0.29, 0.717) is 32.7 Å². The Hall–Kier alpha value is -3.12. The standard InChI is InChI=1S/C23H14Cl3N3O2/c24-15-7-5-14(6-8-15)21-11-17(16-3-1-2-4-20(16)28-21)23(31)29-27-12-13-9-18(25)22(30)19(26)10-13/h1-12,30H,(H,29,31)/b27-12+. The van der Waals surface area contributed by atoms with E-state index in [1.54, 1.807) is 18.2 Å². The molecule has 0 bridgehead atoms. The second kappa shape index (κ2) is 8.94. The molecule has 0 aliphatic rings. The zero-order valence-corrected chi connectivity index (χ0v) is 18.1. The van der Waals surface area contributed by atoms with E-state index in [1.165, 1.54) is 18.3 Å². The fourth-order valence-electron chi connectivity index (χ4n) is 3.02. The monoisotopic (exact) mass is 469 g/mol. The van der Waals surface area contributed by atoms with Crippen molar-refractivity contribution >= 4 is 57.8 Å². The summed E-state index contributed by atoms with van der Waals surface area (Å²) in [6.45, 7) is 0. The van der Waals surface area contributed by atoms with Crippen LogP contribution in [0.1, 0.15) is 15.9 Å². The molecule has 1 heterocycles. The van der Waals surface area contributed by atoms with E-state index in [4.69, 9.17) is 34.8 Å². The molecule has 0 atom stereocenters. The van der Waals surface area contributed by atoms with Gasteiger partial charge >= 0.3 is 0 Å². The van der Waals surface area contributed by atoms with Gasteiger partial charge in [-0.1, -0.05) is 65.1 Å². The summed E-state index contributed by atoms with van der Waals surface area (Å²) in [7, 11) is 0. The molecule has 8 heteroatoms. The third-order valence-electron chi connectivity index (χ3n) is 4.52. The summed E-state index contributed by atoms with van der Waals surface area (Å²) in [4.78, 5) is 17.6. The Kier molecular flexibility index (Phi) is 6.09. The highest BCUT2D eigenvalue weighted by Gasteiger charge is 2.14. The Morgan fingerprint density at radius 3 is 2.35 bits per heavy atom. The van der Waals surface area contributed by atoms with E-state index in [2.05, 4.69) is 15.5 Å². The van der Waals surface area contributed by atoms with Crippen LogP contribution in [0.5, 0.6) is 5.75 Å². The minimum atomic E-state index is -0.402. The van der Waals surface area contributed by atoms with Gasteiger partial charge in [-0.15, -0.1) is 0 Å². The molecule has 0 spiro atoms. The molecule has 0 radical (unpaired) electrons. The number of hydrazone groups is 1. The Labute approximate surface area is 192 Å². The number of benzene rings is 3. The van der Waals surface area contributed by atoms with Gasteiger partial charge in [-0.05, 0) is 42.0 Å². The van der Waals surface area contributed by atoms with Crippen molar-refractivity contribution < 1.29 is 9.90 Å². The number of nitrogens with one attached hydrogen (secondary N) is 1. The lowest BCUT2D eigenvalue weighted by Gasteiger charge is -2.09. The van der Waals surface area contributed by atoms with Crippen LogP contribution in [-0.2, 0) is 0 Å². The summed E-state index contributed by atoms with van der Waals surface area (Å²) in [6, 6.07) is 19.3. The molecule has 0 saturated carbocycles. The van der Waals surface area contributed by atoms with Crippen LogP contribution in [0, 0.1) is 0 Å². The quantitative estimate of drug-likeness (QED) is 0.270. The number of fused-ring (bicyclic) bond motifs is 1. The number of rotatable bonds is 4. The summed E-state index contributed by atoms with van der Waals surface area (Å²) in [5.74, 6) is -0.608. The summed E-state index contributed by atoms with van der Waals surface area (Å²) in [5, 5.41) is 15.1. The number of hydrogen-bond donors (Lipinski definition) is 2.